The van der Waals surface area contributed by atoms with Crippen molar-refractivity contribution in [2.24, 2.45) is 17.8 Å². The number of rotatable bonds is 15. The van der Waals surface area contributed by atoms with Crippen LogP contribution in [-0.4, -0.2) is 12.6 Å². The molecule has 3 nitrogen and oxygen atoms in total. The van der Waals surface area contributed by atoms with Gasteiger partial charge in [0.05, 0.1) is 12.2 Å². The van der Waals surface area contributed by atoms with Gasteiger partial charge in [-0.15, -0.1) is 0 Å². The van der Waals surface area contributed by atoms with Gasteiger partial charge in [0, 0.05) is 0 Å². The van der Waals surface area contributed by atoms with E-state index in [0.29, 0.717) is 23.1 Å². The van der Waals surface area contributed by atoms with E-state index in [2.05, 4.69) is 20.8 Å². The third-order valence-electron chi connectivity index (χ3n) is 7.92. The summed E-state index contributed by atoms with van der Waals surface area (Å²) in [5.74, 6) is 3.31. The van der Waals surface area contributed by atoms with Gasteiger partial charge >= 0.3 is 5.97 Å². The molecular weight excluding hydrogens is 444 g/mol. The van der Waals surface area contributed by atoms with Crippen LogP contribution < -0.4 is 9.47 Å². The minimum absolute atomic E-state index is 0.333. The fourth-order valence-corrected chi connectivity index (χ4v) is 5.21. The van der Waals surface area contributed by atoms with Gasteiger partial charge in [-0.05, 0) is 79.0 Å². The van der Waals surface area contributed by atoms with Crippen LogP contribution >= 0.6 is 0 Å². The molecule has 1 aliphatic carbocycles. The molecule has 1 atom stereocenters. The minimum atomic E-state index is -0.333. The molecule has 0 N–H and O–H groups in total. The van der Waals surface area contributed by atoms with Crippen molar-refractivity contribution in [2.75, 3.05) is 6.61 Å². The standard InChI is InChI=1S/C33H48O3/c1-4-6-7-8-9-10-11-27-12-14-29(15-13-27)25-35-31-22-18-30(19-23-31)33(34)36-32-20-16-28(17-21-32)24-26(3)5-2/h16-23,26-27,29H,4-15,24-25H2,1-3H3/t26-,27?,29?/m0/s1. The van der Waals surface area contributed by atoms with E-state index in [4.69, 9.17) is 9.47 Å². The molecule has 0 unspecified atom stereocenters. The zero-order valence-electron chi connectivity index (χ0n) is 23.0. The lowest BCUT2D eigenvalue weighted by atomic mass is 9.80. The molecule has 2 aromatic carbocycles. The number of unbranched alkanes of at least 4 members (excludes halogenated alkanes) is 5. The lowest BCUT2D eigenvalue weighted by Gasteiger charge is -2.28. The highest BCUT2D eigenvalue weighted by molar-refractivity contribution is 5.91. The van der Waals surface area contributed by atoms with Crippen LogP contribution in [0.25, 0.3) is 0 Å². The second kappa shape index (κ2) is 15.7. The molecule has 0 saturated heterocycles. The van der Waals surface area contributed by atoms with E-state index in [0.717, 1.165) is 31.1 Å². The normalized spacial score (nSPS) is 18.5. The van der Waals surface area contributed by atoms with Gasteiger partial charge in [0.15, 0.2) is 0 Å². The van der Waals surface area contributed by atoms with Gasteiger partial charge in [-0.1, -0.05) is 97.1 Å². The molecule has 0 aliphatic heterocycles. The van der Waals surface area contributed by atoms with Gasteiger partial charge in [0.1, 0.15) is 11.5 Å². The van der Waals surface area contributed by atoms with Crippen molar-refractivity contribution in [3.8, 4) is 11.5 Å². The van der Waals surface area contributed by atoms with Crippen molar-refractivity contribution in [3.63, 3.8) is 0 Å². The van der Waals surface area contributed by atoms with E-state index in [1.807, 2.05) is 36.4 Å². The first-order chi connectivity index (χ1) is 17.6. The molecule has 1 aliphatic rings. The molecule has 0 spiro atoms. The number of carbonyl (C=O) groups is 1. The summed E-state index contributed by atoms with van der Waals surface area (Å²) in [6.07, 6.45) is 17.3. The van der Waals surface area contributed by atoms with E-state index < -0.39 is 0 Å². The zero-order chi connectivity index (χ0) is 25.6. The Morgan fingerprint density at radius 2 is 1.42 bits per heavy atom. The Morgan fingerprint density at radius 3 is 2.08 bits per heavy atom. The van der Waals surface area contributed by atoms with Gasteiger partial charge < -0.3 is 9.47 Å². The van der Waals surface area contributed by atoms with E-state index in [1.54, 1.807) is 12.1 Å². The maximum atomic E-state index is 12.5. The zero-order valence-corrected chi connectivity index (χ0v) is 23.0. The Morgan fingerprint density at radius 1 is 0.806 bits per heavy atom. The highest BCUT2D eigenvalue weighted by Gasteiger charge is 2.21. The van der Waals surface area contributed by atoms with Gasteiger partial charge in [-0.2, -0.15) is 0 Å². The van der Waals surface area contributed by atoms with Crippen LogP contribution in [0, 0.1) is 17.8 Å². The van der Waals surface area contributed by atoms with Gasteiger partial charge in [-0.25, -0.2) is 4.79 Å². The van der Waals surface area contributed by atoms with Crippen LogP contribution in [0.15, 0.2) is 48.5 Å². The smallest absolute Gasteiger partial charge is 0.343 e. The minimum Gasteiger partial charge on any atom is -0.493 e. The van der Waals surface area contributed by atoms with Crippen LogP contribution in [-0.2, 0) is 6.42 Å². The number of ether oxygens (including phenoxy) is 2. The summed E-state index contributed by atoms with van der Waals surface area (Å²) in [6, 6.07) is 15.2. The summed E-state index contributed by atoms with van der Waals surface area (Å²) < 4.78 is 11.6. The molecular formula is C33H48O3. The van der Waals surface area contributed by atoms with Crippen LogP contribution in [0.2, 0.25) is 0 Å². The number of hydrogen-bond donors (Lipinski definition) is 0. The number of carbonyl (C=O) groups excluding carboxylic acids is 1. The van der Waals surface area contributed by atoms with E-state index in [1.165, 1.54) is 76.2 Å². The molecule has 1 saturated carbocycles. The summed E-state index contributed by atoms with van der Waals surface area (Å²) >= 11 is 0. The van der Waals surface area contributed by atoms with Crippen LogP contribution in [0.3, 0.4) is 0 Å². The lowest BCUT2D eigenvalue weighted by molar-refractivity contribution is 0.0734. The number of hydrogen-bond acceptors (Lipinski definition) is 3. The third kappa shape index (κ3) is 9.99. The molecule has 3 rings (SSSR count). The molecule has 1 fully saturated rings. The van der Waals surface area contributed by atoms with Gasteiger partial charge in [-0.3, -0.25) is 0 Å². The Labute approximate surface area is 220 Å². The number of benzene rings is 2. The highest BCUT2D eigenvalue weighted by Crippen LogP contribution is 2.32. The summed E-state index contributed by atoms with van der Waals surface area (Å²) in [5.41, 5.74) is 1.82. The van der Waals surface area contributed by atoms with Gasteiger partial charge in [0.2, 0.25) is 0 Å². The SMILES string of the molecule is CCCCCCCCC1CCC(COc2ccc(C(=O)Oc3ccc(C[C@@H](C)CC)cc3)cc2)CC1. The molecule has 0 amide bonds. The van der Waals surface area contributed by atoms with E-state index in [9.17, 15) is 4.79 Å². The average molecular weight is 493 g/mol. The Hall–Kier alpha value is -2.29. The number of esters is 1. The highest BCUT2D eigenvalue weighted by atomic mass is 16.5. The maximum absolute atomic E-state index is 12.5. The summed E-state index contributed by atoms with van der Waals surface area (Å²) in [6.45, 7) is 7.52. The topological polar surface area (TPSA) is 35.5 Å². The first-order valence-corrected chi connectivity index (χ1v) is 14.6. The lowest BCUT2D eigenvalue weighted by Crippen LogP contribution is -2.20. The van der Waals surface area contributed by atoms with Crippen molar-refractivity contribution < 1.29 is 14.3 Å². The molecule has 0 heterocycles. The summed E-state index contributed by atoms with van der Waals surface area (Å²) in [4.78, 5) is 12.5. The Kier molecular flexibility index (Phi) is 12.4. The maximum Gasteiger partial charge on any atom is 0.343 e. The average Bonchev–Trinajstić information content (AvgIpc) is 2.91. The molecule has 36 heavy (non-hydrogen) atoms. The predicted molar refractivity (Wildman–Crippen MR) is 150 cm³/mol. The molecule has 198 valence electrons. The second-order valence-electron chi connectivity index (χ2n) is 11.0. The summed E-state index contributed by atoms with van der Waals surface area (Å²) in [5, 5.41) is 0. The largest absolute Gasteiger partial charge is 0.493 e. The van der Waals surface area contributed by atoms with Crippen molar-refractivity contribution in [2.45, 2.75) is 104 Å². The molecule has 2 aromatic rings. The van der Waals surface area contributed by atoms with E-state index >= 15 is 0 Å². The molecule has 0 bridgehead atoms. The molecule has 3 heteroatoms. The fourth-order valence-electron chi connectivity index (χ4n) is 5.21. The van der Waals surface area contributed by atoms with Crippen molar-refractivity contribution in [1.29, 1.82) is 0 Å². The monoisotopic (exact) mass is 492 g/mol. The van der Waals surface area contributed by atoms with E-state index in [-0.39, 0.29) is 5.97 Å². The molecule has 0 radical (unpaired) electrons. The molecule has 0 aromatic heterocycles. The van der Waals surface area contributed by atoms with Crippen molar-refractivity contribution in [1.82, 2.24) is 0 Å². The van der Waals surface area contributed by atoms with Gasteiger partial charge in [0.25, 0.3) is 0 Å². The first-order valence-electron chi connectivity index (χ1n) is 14.6. The fraction of sp³-hybridized carbons (Fsp3) is 0.606. The Bertz CT molecular complexity index is 863. The quantitative estimate of drug-likeness (QED) is 0.141. The van der Waals surface area contributed by atoms with Crippen LogP contribution in [0.4, 0.5) is 0 Å². The van der Waals surface area contributed by atoms with Crippen LogP contribution in [0.5, 0.6) is 11.5 Å². The third-order valence-corrected chi connectivity index (χ3v) is 7.92. The second-order valence-corrected chi connectivity index (χ2v) is 11.0. The Balaban J connectivity index is 1.34. The predicted octanol–water partition coefficient (Wildman–Crippen LogP) is 9.43. The first kappa shape index (κ1) is 28.3. The van der Waals surface area contributed by atoms with Crippen molar-refractivity contribution in [3.05, 3.63) is 59.7 Å². The summed E-state index contributed by atoms with van der Waals surface area (Å²) in [7, 11) is 0. The van der Waals surface area contributed by atoms with Crippen LogP contribution in [0.1, 0.15) is 114 Å². The van der Waals surface area contributed by atoms with Crippen molar-refractivity contribution >= 4 is 5.97 Å².